The Hall–Kier alpha value is -11.8. The highest BCUT2D eigenvalue weighted by Crippen LogP contribution is 2.37. The van der Waals surface area contributed by atoms with Gasteiger partial charge < -0.3 is 76.4 Å². The number of amides is 10. The van der Waals surface area contributed by atoms with E-state index in [9.17, 15) is 67.4 Å². The predicted molar refractivity (Wildman–Crippen MR) is 453 cm³/mol. The van der Waals surface area contributed by atoms with Crippen molar-refractivity contribution in [3.63, 3.8) is 0 Å². The average molecular weight is 1670 g/mol. The smallest absolute Gasteiger partial charge is 0.333 e. The number of fused-ring (bicyclic) bond motifs is 14. The van der Waals surface area contributed by atoms with Gasteiger partial charge in [0.15, 0.2) is 18.2 Å². The number of ketones is 1. The third kappa shape index (κ3) is 25.2. The molecule has 0 radical (unpaired) electrons. The number of hydrogen-bond donors (Lipinski definition) is 9. The molecule has 6 aromatic rings. The van der Waals surface area contributed by atoms with Crippen LogP contribution in [0, 0.1) is 11.8 Å². The molecule has 14 rings (SSSR count). The van der Waals surface area contributed by atoms with Crippen molar-refractivity contribution in [3.8, 4) is 23.0 Å². The van der Waals surface area contributed by atoms with E-state index in [0.29, 0.717) is 59.8 Å². The highest BCUT2D eigenvalue weighted by Gasteiger charge is 2.46. The minimum atomic E-state index is -1.76. The van der Waals surface area contributed by atoms with Gasteiger partial charge in [0.2, 0.25) is 53.0 Å². The van der Waals surface area contributed by atoms with E-state index in [1.54, 1.807) is 109 Å². The lowest BCUT2D eigenvalue weighted by atomic mass is 9.82. The first-order chi connectivity index (χ1) is 58.4. The van der Waals surface area contributed by atoms with E-state index in [0.717, 1.165) is 97.6 Å². The van der Waals surface area contributed by atoms with Gasteiger partial charge in [-0.3, -0.25) is 52.7 Å². The SMILES string of the molecule is CCCC(NC(=O)[C@@H]1Cc2ccc3cc2CN1C(=O)[C@H](C1CCCCC1)NC(=O)CCc1ccc(cc1)O3)C(=O)C(=O)NCC(=O)N[C@H](C(=O)OC(C)(C)C)c1ccccc1.CCCC(NC(=O)[C@@H]1Cc2ccc3cc2CN1C(=O)[C@H](C1CCCCC1)NC(=O)CCc1ccc(cc1)O3)C(O)C(=O)NCC(=O)N[C@H](C(=O)OC(C)(C)C)c1ccccc1. The van der Waals surface area contributed by atoms with E-state index >= 15 is 0 Å². The van der Waals surface area contributed by atoms with Gasteiger partial charge in [-0.2, -0.15) is 0 Å². The highest BCUT2D eigenvalue weighted by molar-refractivity contribution is 6.38. The molecule has 3 unspecified atom stereocenters. The molecule has 6 aliphatic heterocycles. The highest BCUT2D eigenvalue weighted by atomic mass is 16.6. The fourth-order valence-electron chi connectivity index (χ4n) is 16.5. The van der Waals surface area contributed by atoms with Crippen LogP contribution < -0.4 is 52.0 Å². The zero-order chi connectivity index (χ0) is 87.4. The lowest BCUT2D eigenvalue weighted by Crippen LogP contribution is -2.61. The van der Waals surface area contributed by atoms with E-state index < -0.39 is 132 Å². The van der Waals surface area contributed by atoms with E-state index in [1.165, 1.54) is 9.80 Å². The van der Waals surface area contributed by atoms with E-state index in [2.05, 4.69) is 42.5 Å². The Labute approximate surface area is 712 Å². The Morgan fingerprint density at radius 2 is 0.877 bits per heavy atom. The van der Waals surface area contributed by atoms with Crippen LogP contribution in [0.1, 0.15) is 215 Å². The van der Waals surface area contributed by atoms with Crippen molar-refractivity contribution in [2.45, 2.75) is 263 Å². The Kier molecular flexibility index (Phi) is 31.4. The number of carbonyl (C=O) groups excluding carboxylic acids is 13. The fourth-order valence-corrected chi connectivity index (χ4v) is 16.5. The van der Waals surface area contributed by atoms with Gasteiger partial charge in [-0.15, -0.1) is 0 Å². The molecule has 0 saturated heterocycles. The maximum absolute atomic E-state index is 14.8. The van der Waals surface area contributed by atoms with Crippen LogP contribution in [-0.4, -0.2) is 158 Å². The first-order valence-corrected chi connectivity index (χ1v) is 42.9. The van der Waals surface area contributed by atoms with Crippen molar-refractivity contribution in [2.75, 3.05) is 13.1 Å². The topological polar surface area (TPSA) is 382 Å². The second-order valence-electron chi connectivity index (χ2n) is 34.5. The lowest BCUT2D eigenvalue weighted by Gasteiger charge is -2.41. The van der Waals surface area contributed by atoms with Crippen LogP contribution in [0.15, 0.2) is 146 Å². The predicted octanol–water partition coefficient (Wildman–Crippen LogP) is 9.62. The minimum absolute atomic E-state index is 0.0523. The summed E-state index contributed by atoms with van der Waals surface area (Å²) >= 11 is 0. The number of Topliss-reactive ketones (excluding diaryl/α,β-unsaturated/α-hetero) is 1. The average Bonchev–Trinajstić information content (AvgIpc) is 0.776. The molecule has 9 N–H and O–H groups in total. The largest absolute Gasteiger partial charge is 0.458 e. The Balaban J connectivity index is 0.000000238. The van der Waals surface area contributed by atoms with Crippen LogP contribution in [0.5, 0.6) is 23.0 Å². The lowest BCUT2D eigenvalue weighted by molar-refractivity contribution is -0.159. The third-order valence-electron chi connectivity index (χ3n) is 22.8. The summed E-state index contributed by atoms with van der Waals surface area (Å²) in [6, 6.07) is 34.9. The minimum Gasteiger partial charge on any atom is -0.458 e. The van der Waals surface area contributed by atoms with Crippen LogP contribution in [0.25, 0.3) is 0 Å². The number of esters is 2. The first kappa shape index (κ1) is 90.9. The summed E-state index contributed by atoms with van der Waals surface area (Å²) in [6.07, 6.45) is 9.89. The molecule has 2 saturated carbocycles. The number of aliphatic hydroxyl groups is 1. The molecule has 10 amide bonds. The molecule has 2 aliphatic carbocycles. The zero-order valence-electron chi connectivity index (χ0n) is 71.0. The number of nitrogens with zero attached hydrogens (tertiary/aromatic N) is 2. The standard InChI is InChI=1S/C47H59N5O9.C47H57N5O9/c2*1-5-12-36(42(55)44(57)48-27-39(54)51-41(31-15-10-7-11-16-31)46(59)61-47(2,3)4)49-43(56)37-26-32-20-23-35-25-33(32)28-52(37)45(58)40(30-13-8-6-9-14-30)50-38(53)24-19-29-17-21-34(60-35)22-18-29/h7,10-11,15-18,20-23,25,30,36-37,40-42,55H,5-6,8-9,12-14,19,24,26-28H2,1-4H3,(H,48,57)(H,49,56)(H,50,53)(H,51,54);7,10-11,15-18,20-23,25,30,36-37,40-41H,5-6,8-9,12-14,19,24,26-28H2,1-4H3,(H,48,57)(H,49,56)(H,50,53)(H,51,54)/t36?,37-,40-,41-,42?;36?,37-,40-,41-/m00/s1. The number of rotatable bonds is 24. The third-order valence-corrected chi connectivity index (χ3v) is 22.8. The summed E-state index contributed by atoms with van der Waals surface area (Å²) in [6.45, 7) is 12.8. The first-order valence-electron chi connectivity index (χ1n) is 42.9. The second-order valence-corrected chi connectivity index (χ2v) is 34.5. The molecule has 6 aromatic carbocycles. The van der Waals surface area contributed by atoms with E-state index in [1.807, 2.05) is 91.9 Å². The number of aliphatic hydroxyl groups excluding tert-OH is 1. The summed E-state index contributed by atoms with van der Waals surface area (Å²) in [7, 11) is 0. The van der Waals surface area contributed by atoms with Crippen LogP contribution in [-0.2, 0) is 111 Å². The number of carbonyl (C=O) groups is 13. The molecule has 2 fully saturated rings. The molecular formula is C94H116N10O18. The van der Waals surface area contributed by atoms with Crippen molar-refractivity contribution < 1.29 is 86.4 Å². The van der Waals surface area contributed by atoms with Gasteiger partial charge in [0, 0.05) is 38.8 Å². The maximum atomic E-state index is 14.8. The summed E-state index contributed by atoms with van der Waals surface area (Å²) in [5, 5.41) is 33.1. The normalized spacial score (nSPS) is 19.5. The van der Waals surface area contributed by atoms with Crippen LogP contribution >= 0.6 is 0 Å². The van der Waals surface area contributed by atoms with Gasteiger partial charge in [0.1, 0.15) is 58.4 Å². The maximum Gasteiger partial charge on any atom is 0.333 e. The summed E-state index contributed by atoms with van der Waals surface area (Å²) in [5.74, 6) is -6.04. The molecular weight excluding hydrogens is 1560 g/mol. The number of nitrogens with one attached hydrogen (secondary N) is 8. The zero-order valence-corrected chi connectivity index (χ0v) is 71.0. The summed E-state index contributed by atoms with van der Waals surface area (Å²) in [5.41, 5.74) is 4.46. The van der Waals surface area contributed by atoms with Crippen molar-refractivity contribution in [2.24, 2.45) is 11.8 Å². The molecule has 0 aromatic heterocycles. The Morgan fingerprint density at radius 3 is 1.29 bits per heavy atom. The molecule has 0 spiro atoms. The number of benzene rings is 6. The molecule has 650 valence electrons. The Morgan fingerprint density at radius 1 is 0.475 bits per heavy atom. The number of aryl methyl sites for hydroxylation is 2. The summed E-state index contributed by atoms with van der Waals surface area (Å²) < 4.78 is 23.4. The molecule has 122 heavy (non-hydrogen) atoms. The number of ether oxygens (including phenoxy) is 4. The molecule has 28 heteroatoms. The second kappa shape index (κ2) is 42.1. The molecule has 10 bridgehead atoms. The molecule has 8 aliphatic rings. The fraction of sp³-hybridized carbons (Fsp3) is 0.479. The monoisotopic (exact) mass is 1670 g/mol. The van der Waals surface area contributed by atoms with Crippen molar-refractivity contribution in [1.29, 1.82) is 0 Å². The quantitative estimate of drug-likeness (QED) is 0.0201. The summed E-state index contributed by atoms with van der Waals surface area (Å²) in [4.78, 5) is 181. The van der Waals surface area contributed by atoms with Gasteiger partial charge in [0.25, 0.3) is 11.8 Å². The van der Waals surface area contributed by atoms with Gasteiger partial charge in [-0.1, -0.05) is 162 Å². The van der Waals surface area contributed by atoms with E-state index in [4.69, 9.17) is 18.9 Å². The van der Waals surface area contributed by atoms with E-state index in [-0.39, 0.29) is 87.1 Å². The van der Waals surface area contributed by atoms with Crippen LogP contribution in [0.4, 0.5) is 0 Å². The molecule has 9 atom stereocenters. The van der Waals surface area contributed by atoms with Gasteiger partial charge in [-0.05, 0) is 198 Å². The van der Waals surface area contributed by atoms with Gasteiger partial charge >= 0.3 is 11.9 Å². The van der Waals surface area contributed by atoms with Gasteiger partial charge in [-0.25, -0.2) is 9.59 Å². The van der Waals surface area contributed by atoms with Crippen LogP contribution in [0.2, 0.25) is 0 Å². The van der Waals surface area contributed by atoms with Crippen LogP contribution in [0.3, 0.4) is 0 Å². The number of hydrogen-bond acceptors (Lipinski definition) is 18. The van der Waals surface area contributed by atoms with Crippen molar-refractivity contribution >= 4 is 76.8 Å². The molecule has 28 nitrogen and oxygen atoms in total. The Bertz CT molecular complexity index is 4730. The van der Waals surface area contributed by atoms with Crippen molar-refractivity contribution in [1.82, 2.24) is 52.3 Å². The molecule has 6 heterocycles. The van der Waals surface area contributed by atoms with Crippen molar-refractivity contribution in [3.05, 3.63) is 190 Å². The van der Waals surface area contributed by atoms with Gasteiger partial charge in [0.05, 0.1) is 25.2 Å².